The molecule has 0 radical (unpaired) electrons. The quantitative estimate of drug-likeness (QED) is 0.767. The standard InChI is InChI=1S/C13H25N3O3/c1-9(2)11(15-13(18)19-4)12(17)16-7-5-6-10(16)8-14-3/h9-11,14H,5-8H2,1-4H3,(H,15,18)/t10-,11-/m0/s1. The molecule has 0 bridgehead atoms. The molecule has 19 heavy (non-hydrogen) atoms. The zero-order valence-electron chi connectivity index (χ0n) is 12.2. The Hall–Kier alpha value is -1.30. The van der Waals surface area contributed by atoms with Gasteiger partial charge in [-0.3, -0.25) is 4.79 Å². The first-order valence-corrected chi connectivity index (χ1v) is 6.80. The molecule has 0 aromatic rings. The average Bonchev–Trinajstić information content (AvgIpc) is 2.83. The van der Waals surface area contributed by atoms with Crippen LogP contribution in [0.1, 0.15) is 26.7 Å². The van der Waals surface area contributed by atoms with Gasteiger partial charge in [0.05, 0.1) is 7.11 Å². The van der Waals surface area contributed by atoms with Gasteiger partial charge >= 0.3 is 6.09 Å². The van der Waals surface area contributed by atoms with Crippen LogP contribution in [0.2, 0.25) is 0 Å². The Bertz CT molecular complexity index is 320. The van der Waals surface area contributed by atoms with Crippen LogP contribution < -0.4 is 10.6 Å². The van der Waals surface area contributed by atoms with Crippen molar-refractivity contribution in [1.82, 2.24) is 15.5 Å². The normalized spacial score (nSPS) is 20.5. The van der Waals surface area contributed by atoms with E-state index < -0.39 is 12.1 Å². The maximum absolute atomic E-state index is 12.6. The summed E-state index contributed by atoms with van der Waals surface area (Å²) < 4.78 is 4.58. The fourth-order valence-electron chi connectivity index (χ4n) is 2.45. The smallest absolute Gasteiger partial charge is 0.407 e. The Morgan fingerprint density at radius 2 is 2.11 bits per heavy atom. The molecule has 6 heteroatoms. The van der Waals surface area contributed by atoms with Crippen LogP contribution in [-0.4, -0.2) is 56.2 Å². The third kappa shape index (κ3) is 4.09. The number of likely N-dealkylation sites (tertiary alicyclic amines) is 1. The molecule has 2 N–H and O–H groups in total. The Morgan fingerprint density at radius 1 is 1.42 bits per heavy atom. The van der Waals surface area contributed by atoms with E-state index in [1.54, 1.807) is 0 Å². The number of hydrogen-bond acceptors (Lipinski definition) is 4. The van der Waals surface area contributed by atoms with Crippen LogP contribution in [0, 0.1) is 5.92 Å². The zero-order valence-corrected chi connectivity index (χ0v) is 12.2. The van der Waals surface area contributed by atoms with Gasteiger partial charge in [-0.25, -0.2) is 4.79 Å². The molecule has 1 fully saturated rings. The summed E-state index contributed by atoms with van der Waals surface area (Å²) in [5, 5.41) is 5.74. The van der Waals surface area contributed by atoms with E-state index in [-0.39, 0.29) is 17.9 Å². The molecule has 0 unspecified atom stereocenters. The molecule has 0 aliphatic carbocycles. The topological polar surface area (TPSA) is 70.7 Å². The predicted octanol–water partition coefficient (Wildman–Crippen LogP) is 0.577. The van der Waals surface area contributed by atoms with Crippen LogP contribution in [0.3, 0.4) is 0 Å². The van der Waals surface area contributed by atoms with Gasteiger partial charge in [0.2, 0.25) is 5.91 Å². The van der Waals surface area contributed by atoms with Crippen molar-refractivity contribution < 1.29 is 14.3 Å². The summed E-state index contributed by atoms with van der Waals surface area (Å²) in [4.78, 5) is 25.8. The molecule has 0 aromatic carbocycles. The average molecular weight is 271 g/mol. The number of carbonyl (C=O) groups is 2. The fourth-order valence-corrected chi connectivity index (χ4v) is 2.45. The minimum atomic E-state index is -0.559. The maximum atomic E-state index is 12.6. The van der Waals surface area contributed by atoms with E-state index in [9.17, 15) is 9.59 Å². The highest BCUT2D eigenvalue weighted by Crippen LogP contribution is 2.19. The number of nitrogens with one attached hydrogen (secondary N) is 2. The molecule has 1 saturated heterocycles. The van der Waals surface area contributed by atoms with Gasteiger partial charge in [0.1, 0.15) is 6.04 Å². The van der Waals surface area contributed by atoms with Crippen LogP contribution in [0.25, 0.3) is 0 Å². The van der Waals surface area contributed by atoms with Crippen LogP contribution in [0.15, 0.2) is 0 Å². The lowest BCUT2D eigenvalue weighted by molar-refractivity contribution is -0.135. The van der Waals surface area contributed by atoms with Gasteiger partial charge in [0.25, 0.3) is 0 Å². The molecule has 0 spiro atoms. The Balaban J connectivity index is 2.72. The molecule has 1 aliphatic rings. The van der Waals surface area contributed by atoms with E-state index in [2.05, 4.69) is 15.4 Å². The highest BCUT2D eigenvalue weighted by Gasteiger charge is 2.34. The van der Waals surface area contributed by atoms with Crippen LogP contribution in [0.5, 0.6) is 0 Å². The Kier molecular flexibility index (Phi) is 6.08. The van der Waals surface area contributed by atoms with Gasteiger partial charge in [0, 0.05) is 19.1 Å². The summed E-state index contributed by atoms with van der Waals surface area (Å²) >= 11 is 0. The van der Waals surface area contributed by atoms with E-state index in [1.807, 2.05) is 25.8 Å². The second-order valence-corrected chi connectivity index (χ2v) is 5.24. The van der Waals surface area contributed by atoms with E-state index in [0.29, 0.717) is 0 Å². The molecule has 0 aromatic heterocycles. The third-order valence-corrected chi connectivity index (χ3v) is 3.49. The van der Waals surface area contributed by atoms with Gasteiger partial charge < -0.3 is 20.3 Å². The van der Waals surface area contributed by atoms with Gasteiger partial charge in [-0.15, -0.1) is 0 Å². The molecule has 2 amide bonds. The molecule has 1 heterocycles. The first-order chi connectivity index (χ1) is 9.01. The van der Waals surface area contributed by atoms with Crippen LogP contribution >= 0.6 is 0 Å². The minimum absolute atomic E-state index is 0.0156. The third-order valence-electron chi connectivity index (χ3n) is 3.49. The highest BCUT2D eigenvalue weighted by molar-refractivity contribution is 5.86. The van der Waals surface area contributed by atoms with Crippen LogP contribution in [0.4, 0.5) is 4.79 Å². The van der Waals surface area contributed by atoms with E-state index >= 15 is 0 Å². The minimum Gasteiger partial charge on any atom is -0.453 e. The van der Waals surface area contributed by atoms with Gasteiger partial charge in [-0.1, -0.05) is 13.8 Å². The number of hydrogen-bond donors (Lipinski definition) is 2. The molecular weight excluding hydrogens is 246 g/mol. The van der Waals surface area contributed by atoms with Crippen molar-refractivity contribution in [2.24, 2.45) is 5.92 Å². The summed E-state index contributed by atoms with van der Waals surface area (Å²) in [5.74, 6) is 0.0144. The fraction of sp³-hybridized carbons (Fsp3) is 0.846. The maximum Gasteiger partial charge on any atom is 0.407 e. The number of amides is 2. The number of ether oxygens (including phenoxy) is 1. The number of carbonyl (C=O) groups excluding carboxylic acids is 2. The molecule has 0 saturated carbocycles. The van der Waals surface area contributed by atoms with Crippen LogP contribution in [-0.2, 0) is 9.53 Å². The summed E-state index contributed by atoms with van der Waals surface area (Å²) in [7, 11) is 3.18. The Morgan fingerprint density at radius 3 is 2.63 bits per heavy atom. The second kappa shape index (κ2) is 7.33. The van der Waals surface area contributed by atoms with Crippen molar-refractivity contribution in [2.75, 3.05) is 27.2 Å². The monoisotopic (exact) mass is 271 g/mol. The molecule has 2 atom stereocenters. The summed E-state index contributed by atoms with van der Waals surface area (Å²) in [6, 6.07) is -0.303. The van der Waals surface area contributed by atoms with E-state index in [0.717, 1.165) is 25.9 Å². The lowest BCUT2D eigenvalue weighted by Crippen LogP contribution is -2.53. The van der Waals surface area contributed by atoms with E-state index in [1.165, 1.54) is 7.11 Å². The zero-order chi connectivity index (χ0) is 14.4. The lowest BCUT2D eigenvalue weighted by atomic mass is 10.0. The van der Waals surface area contributed by atoms with Gasteiger partial charge in [0.15, 0.2) is 0 Å². The first kappa shape index (κ1) is 15.8. The number of rotatable bonds is 5. The lowest BCUT2D eigenvalue weighted by Gasteiger charge is -2.30. The Labute approximate surface area is 114 Å². The van der Waals surface area contributed by atoms with Gasteiger partial charge in [-0.05, 0) is 25.8 Å². The van der Waals surface area contributed by atoms with Crippen molar-refractivity contribution in [2.45, 2.75) is 38.8 Å². The molecule has 1 aliphatic heterocycles. The molecule has 110 valence electrons. The summed E-state index contributed by atoms with van der Waals surface area (Å²) in [6.45, 7) is 5.38. The summed E-state index contributed by atoms with van der Waals surface area (Å²) in [6.07, 6.45) is 1.47. The molecule has 6 nitrogen and oxygen atoms in total. The van der Waals surface area contributed by atoms with Crippen molar-refractivity contribution in [3.05, 3.63) is 0 Å². The van der Waals surface area contributed by atoms with Gasteiger partial charge in [-0.2, -0.15) is 0 Å². The first-order valence-electron chi connectivity index (χ1n) is 6.80. The largest absolute Gasteiger partial charge is 0.453 e. The molecule has 1 rings (SSSR count). The highest BCUT2D eigenvalue weighted by atomic mass is 16.5. The summed E-state index contributed by atoms with van der Waals surface area (Å²) in [5.41, 5.74) is 0. The van der Waals surface area contributed by atoms with E-state index in [4.69, 9.17) is 0 Å². The second-order valence-electron chi connectivity index (χ2n) is 5.24. The SMILES string of the molecule is CNC[C@@H]1CCCN1C(=O)[C@@H](NC(=O)OC)C(C)C. The number of likely N-dealkylation sites (N-methyl/N-ethyl adjacent to an activating group) is 1. The van der Waals surface area contributed by atoms with Crippen molar-refractivity contribution >= 4 is 12.0 Å². The van der Waals surface area contributed by atoms with Crippen molar-refractivity contribution in [1.29, 1.82) is 0 Å². The predicted molar refractivity (Wildman–Crippen MR) is 72.8 cm³/mol. The van der Waals surface area contributed by atoms with Crippen molar-refractivity contribution in [3.8, 4) is 0 Å². The molecular formula is C13H25N3O3. The van der Waals surface area contributed by atoms with Crippen molar-refractivity contribution in [3.63, 3.8) is 0 Å². The number of methoxy groups -OCH3 is 1. The number of nitrogens with zero attached hydrogens (tertiary/aromatic N) is 1. The number of alkyl carbamates (subject to hydrolysis) is 1.